The molecular formula is C15H16ClFN2O2. The fraction of sp³-hybridized carbons (Fsp3) is 0.467. The number of nitrogens with zero attached hydrogens (tertiary/aromatic N) is 1. The van der Waals surface area contributed by atoms with Gasteiger partial charge in [0.05, 0.1) is 5.02 Å². The summed E-state index contributed by atoms with van der Waals surface area (Å²) in [5.74, 6) is -0.748. The fourth-order valence-corrected chi connectivity index (χ4v) is 3.35. The first kappa shape index (κ1) is 14.3. The highest BCUT2D eigenvalue weighted by atomic mass is 35.5. The number of carbonyl (C=O) groups is 2. The van der Waals surface area contributed by atoms with Crippen LogP contribution in [0.5, 0.6) is 0 Å². The molecule has 2 aliphatic rings. The van der Waals surface area contributed by atoms with Crippen LogP contribution in [0.4, 0.5) is 10.1 Å². The molecule has 0 unspecified atom stereocenters. The number of halogens is 2. The van der Waals surface area contributed by atoms with E-state index in [1.54, 1.807) is 4.90 Å². The van der Waals surface area contributed by atoms with Crippen molar-refractivity contribution in [2.45, 2.75) is 37.6 Å². The normalized spacial score (nSPS) is 21.5. The zero-order valence-electron chi connectivity index (χ0n) is 11.5. The molecule has 0 atom stereocenters. The quantitative estimate of drug-likeness (QED) is 0.867. The number of benzene rings is 1. The van der Waals surface area contributed by atoms with Crippen molar-refractivity contribution in [2.24, 2.45) is 0 Å². The second kappa shape index (κ2) is 5.30. The molecule has 1 aromatic rings. The highest BCUT2D eigenvalue weighted by Crippen LogP contribution is 2.35. The molecule has 1 spiro atoms. The molecule has 1 saturated carbocycles. The Balaban J connectivity index is 1.98. The zero-order chi connectivity index (χ0) is 15.0. The van der Waals surface area contributed by atoms with Gasteiger partial charge in [-0.2, -0.15) is 0 Å². The van der Waals surface area contributed by atoms with E-state index < -0.39 is 11.4 Å². The maximum Gasteiger partial charge on any atom is 0.252 e. The lowest BCUT2D eigenvalue weighted by Gasteiger charge is -2.31. The third-order valence-electron chi connectivity index (χ3n) is 4.27. The van der Waals surface area contributed by atoms with Crippen LogP contribution in [0.25, 0.3) is 0 Å². The molecule has 1 aromatic carbocycles. The maximum atomic E-state index is 13.3. The highest BCUT2D eigenvalue weighted by molar-refractivity contribution is 6.31. The van der Waals surface area contributed by atoms with Crippen LogP contribution in [0.2, 0.25) is 5.02 Å². The van der Waals surface area contributed by atoms with Crippen LogP contribution in [0.15, 0.2) is 18.2 Å². The molecular weight excluding hydrogens is 295 g/mol. The van der Waals surface area contributed by atoms with Gasteiger partial charge in [0.2, 0.25) is 5.91 Å². The molecule has 0 radical (unpaired) electrons. The van der Waals surface area contributed by atoms with Crippen LogP contribution in [0.1, 0.15) is 32.1 Å². The maximum absolute atomic E-state index is 13.3. The van der Waals surface area contributed by atoms with E-state index in [-0.39, 0.29) is 29.8 Å². The number of carbonyl (C=O) groups excluding carboxylic acids is 2. The second-order valence-electron chi connectivity index (χ2n) is 5.64. The van der Waals surface area contributed by atoms with E-state index in [9.17, 15) is 14.0 Å². The Morgan fingerprint density at radius 2 is 1.95 bits per heavy atom. The predicted molar refractivity (Wildman–Crippen MR) is 77.7 cm³/mol. The van der Waals surface area contributed by atoms with Crippen molar-refractivity contribution in [3.8, 4) is 0 Å². The Morgan fingerprint density at radius 1 is 1.24 bits per heavy atom. The standard InChI is InChI=1S/C15H16ClFN2O2/c16-11-9-10(3-4-12(11)17)19-8-5-13(20)18-15(14(19)21)6-1-2-7-15/h3-4,9H,1-2,5-8H2,(H,18,20). The van der Waals surface area contributed by atoms with Gasteiger partial charge in [-0.3, -0.25) is 9.59 Å². The molecule has 2 fully saturated rings. The minimum absolute atomic E-state index is 0.0238. The Bertz CT molecular complexity index is 599. The molecule has 4 nitrogen and oxygen atoms in total. The average molecular weight is 311 g/mol. The largest absolute Gasteiger partial charge is 0.342 e. The van der Waals surface area contributed by atoms with Crippen molar-refractivity contribution in [3.63, 3.8) is 0 Å². The zero-order valence-corrected chi connectivity index (χ0v) is 12.3. The molecule has 1 saturated heterocycles. The summed E-state index contributed by atoms with van der Waals surface area (Å²) in [6, 6.07) is 4.21. The molecule has 1 N–H and O–H groups in total. The van der Waals surface area contributed by atoms with Crippen LogP contribution in [-0.4, -0.2) is 23.9 Å². The summed E-state index contributed by atoms with van der Waals surface area (Å²) in [5.41, 5.74) is -0.261. The molecule has 3 rings (SSSR count). The summed E-state index contributed by atoms with van der Waals surface area (Å²) < 4.78 is 13.3. The molecule has 21 heavy (non-hydrogen) atoms. The van der Waals surface area contributed by atoms with Gasteiger partial charge in [-0.05, 0) is 31.0 Å². The lowest BCUT2D eigenvalue weighted by Crippen LogP contribution is -2.55. The van der Waals surface area contributed by atoms with Gasteiger partial charge >= 0.3 is 0 Å². The summed E-state index contributed by atoms with van der Waals surface area (Å²) in [5, 5.41) is 2.87. The third-order valence-corrected chi connectivity index (χ3v) is 4.56. The summed E-state index contributed by atoms with van der Waals surface area (Å²) in [4.78, 5) is 26.3. The van der Waals surface area contributed by atoms with Gasteiger partial charge in [0.15, 0.2) is 0 Å². The van der Waals surface area contributed by atoms with Gasteiger partial charge in [-0.1, -0.05) is 24.4 Å². The van der Waals surface area contributed by atoms with Crippen molar-refractivity contribution in [2.75, 3.05) is 11.4 Å². The smallest absolute Gasteiger partial charge is 0.252 e. The van der Waals surface area contributed by atoms with Gasteiger partial charge in [0.1, 0.15) is 11.4 Å². The second-order valence-corrected chi connectivity index (χ2v) is 6.05. The van der Waals surface area contributed by atoms with Crippen molar-refractivity contribution in [1.82, 2.24) is 5.32 Å². The van der Waals surface area contributed by atoms with E-state index in [0.29, 0.717) is 18.5 Å². The van der Waals surface area contributed by atoms with Crippen molar-refractivity contribution >= 4 is 29.1 Å². The highest BCUT2D eigenvalue weighted by Gasteiger charge is 2.46. The van der Waals surface area contributed by atoms with Gasteiger partial charge < -0.3 is 10.2 Å². The lowest BCUT2D eigenvalue weighted by atomic mass is 9.95. The summed E-state index contributed by atoms with van der Waals surface area (Å²) in [6.07, 6.45) is 3.39. The number of nitrogens with one attached hydrogen (secondary N) is 1. The molecule has 1 aliphatic heterocycles. The lowest BCUT2D eigenvalue weighted by molar-refractivity contribution is -0.129. The number of amides is 2. The van der Waals surface area contributed by atoms with Crippen LogP contribution in [0.3, 0.4) is 0 Å². The molecule has 0 bridgehead atoms. The summed E-state index contributed by atoms with van der Waals surface area (Å²) >= 11 is 5.81. The molecule has 2 amide bonds. The van der Waals surface area contributed by atoms with Crippen LogP contribution < -0.4 is 10.2 Å². The van der Waals surface area contributed by atoms with Crippen LogP contribution >= 0.6 is 11.6 Å². The monoisotopic (exact) mass is 310 g/mol. The first-order valence-electron chi connectivity index (χ1n) is 7.10. The van der Waals surface area contributed by atoms with E-state index in [1.165, 1.54) is 18.2 Å². The summed E-state index contributed by atoms with van der Waals surface area (Å²) in [6.45, 7) is 0.286. The number of rotatable bonds is 1. The molecule has 1 aliphatic carbocycles. The first-order chi connectivity index (χ1) is 10.0. The van der Waals surface area contributed by atoms with Crippen LogP contribution in [-0.2, 0) is 9.59 Å². The van der Waals surface area contributed by atoms with Crippen molar-refractivity contribution < 1.29 is 14.0 Å². The van der Waals surface area contributed by atoms with Gasteiger partial charge in [0.25, 0.3) is 5.91 Å². The number of anilines is 1. The van der Waals surface area contributed by atoms with Gasteiger partial charge in [-0.25, -0.2) is 4.39 Å². The molecule has 1 heterocycles. The predicted octanol–water partition coefficient (Wildman–Crippen LogP) is 2.64. The fourth-order valence-electron chi connectivity index (χ4n) is 3.17. The molecule has 0 aromatic heterocycles. The van der Waals surface area contributed by atoms with Gasteiger partial charge in [0, 0.05) is 18.7 Å². The Hall–Kier alpha value is -1.62. The Labute approximate surface area is 127 Å². The van der Waals surface area contributed by atoms with Gasteiger partial charge in [-0.15, -0.1) is 0 Å². The third kappa shape index (κ3) is 2.50. The van der Waals surface area contributed by atoms with Crippen molar-refractivity contribution in [3.05, 3.63) is 29.0 Å². The van der Waals surface area contributed by atoms with Crippen molar-refractivity contribution in [1.29, 1.82) is 0 Å². The topological polar surface area (TPSA) is 49.4 Å². The Morgan fingerprint density at radius 3 is 2.62 bits per heavy atom. The minimum Gasteiger partial charge on any atom is -0.342 e. The van der Waals surface area contributed by atoms with E-state index in [4.69, 9.17) is 11.6 Å². The van der Waals surface area contributed by atoms with E-state index in [1.807, 2.05) is 0 Å². The summed E-state index contributed by atoms with van der Waals surface area (Å²) in [7, 11) is 0. The number of hydrogen-bond donors (Lipinski definition) is 1. The minimum atomic E-state index is -0.797. The Kier molecular flexibility index (Phi) is 3.61. The number of hydrogen-bond acceptors (Lipinski definition) is 2. The van der Waals surface area contributed by atoms with E-state index in [2.05, 4.69) is 5.32 Å². The van der Waals surface area contributed by atoms with Crippen LogP contribution in [0, 0.1) is 5.82 Å². The van der Waals surface area contributed by atoms with E-state index >= 15 is 0 Å². The first-order valence-corrected chi connectivity index (χ1v) is 7.48. The van der Waals surface area contributed by atoms with E-state index in [0.717, 1.165) is 12.8 Å². The molecule has 112 valence electrons. The molecule has 6 heteroatoms. The average Bonchev–Trinajstić information content (AvgIpc) is 2.87. The SMILES string of the molecule is O=C1CCN(c2ccc(F)c(Cl)c2)C(=O)C2(CCCC2)N1.